The molecule has 3 rings (SSSR count). The predicted molar refractivity (Wildman–Crippen MR) is 65.7 cm³/mol. The summed E-state index contributed by atoms with van der Waals surface area (Å²) in [5.74, 6) is 0. The molecule has 1 aromatic carbocycles. The average molecular weight is 215 g/mol. The van der Waals surface area contributed by atoms with Gasteiger partial charge in [0.1, 0.15) is 0 Å². The minimum atomic E-state index is 0.741. The maximum Gasteiger partial charge on any atom is 0.0261 e. The second-order valence-corrected chi connectivity index (χ2v) is 4.89. The Labute approximate surface area is 97.6 Å². The Morgan fingerprint density at radius 1 is 1.00 bits per heavy atom. The second kappa shape index (κ2) is 4.56. The lowest BCUT2D eigenvalue weighted by atomic mass is 10.1. The van der Waals surface area contributed by atoms with E-state index in [9.17, 15) is 0 Å². The van der Waals surface area contributed by atoms with Crippen molar-refractivity contribution in [1.29, 1.82) is 0 Å². The van der Waals surface area contributed by atoms with Crippen molar-refractivity contribution < 1.29 is 0 Å². The number of fused-ring (bicyclic) bond motifs is 1. The van der Waals surface area contributed by atoms with E-state index in [0.29, 0.717) is 0 Å². The molecule has 2 nitrogen and oxygen atoms in total. The van der Waals surface area contributed by atoms with E-state index in [0.717, 1.165) is 19.1 Å². The minimum absolute atomic E-state index is 0.741. The number of hydrogen-bond acceptors (Lipinski definition) is 1. The molecule has 0 amide bonds. The molecule has 1 aromatic rings. The van der Waals surface area contributed by atoms with Crippen molar-refractivity contribution >= 4 is 0 Å². The Morgan fingerprint density at radius 2 is 1.75 bits per heavy atom. The van der Waals surface area contributed by atoms with Crippen LogP contribution in [0.2, 0.25) is 0 Å². The van der Waals surface area contributed by atoms with Crippen molar-refractivity contribution in [2.24, 2.45) is 0 Å². The smallest absolute Gasteiger partial charge is 0.0261 e. The highest BCUT2D eigenvalue weighted by Gasteiger charge is 2.26. The van der Waals surface area contributed by atoms with E-state index < -0.39 is 0 Å². The van der Waals surface area contributed by atoms with E-state index in [1.54, 1.807) is 11.1 Å². The highest BCUT2D eigenvalue weighted by Crippen LogP contribution is 2.25. The normalized spacial score (nSPS) is 23.0. The van der Waals surface area contributed by atoms with Gasteiger partial charge in [-0.2, -0.15) is 0 Å². The number of nitrogens with zero attached hydrogens (tertiary/aromatic N) is 2. The molecule has 0 N–H and O–H groups in total. The van der Waals surface area contributed by atoms with Crippen LogP contribution >= 0.6 is 0 Å². The van der Waals surface area contributed by atoms with Crippen LogP contribution in [0.3, 0.4) is 0 Å². The first-order chi connectivity index (χ1) is 7.93. The molecule has 0 bridgehead atoms. The van der Waals surface area contributed by atoms with Crippen LogP contribution in [0.25, 0.3) is 0 Å². The third-order valence-corrected chi connectivity index (χ3v) is 3.85. The molecule has 2 aliphatic rings. The molecule has 1 heterocycles. The summed E-state index contributed by atoms with van der Waals surface area (Å²) >= 11 is 0. The van der Waals surface area contributed by atoms with Gasteiger partial charge in [-0.05, 0) is 36.9 Å². The summed E-state index contributed by atoms with van der Waals surface area (Å²) in [5.41, 5.74) is 3.13. The summed E-state index contributed by atoms with van der Waals surface area (Å²) in [4.78, 5) is 2.65. The first-order valence-corrected chi connectivity index (χ1v) is 6.37. The predicted octanol–water partition coefficient (Wildman–Crippen LogP) is 1.46. The van der Waals surface area contributed by atoms with Crippen molar-refractivity contribution in [2.45, 2.75) is 25.3 Å². The molecule has 0 saturated carbocycles. The number of hydrogen-bond donors (Lipinski definition) is 0. The summed E-state index contributed by atoms with van der Waals surface area (Å²) in [6, 6.07) is 9.65. The Hall–Kier alpha value is -0.860. The van der Waals surface area contributed by atoms with Gasteiger partial charge in [-0.3, -0.25) is 4.90 Å². The quantitative estimate of drug-likeness (QED) is 0.693. The molecule has 16 heavy (non-hydrogen) atoms. The van der Waals surface area contributed by atoms with Gasteiger partial charge in [0.2, 0.25) is 0 Å². The van der Waals surface area contributed by atoms with E-state index in [1.807, 2.05) is 0 Å². The van der Waals surface area contributed by atoms with E-state index in [1.165, 1.54) is 32.4 Å². The molecule has 0 aromatic heterocycles. The van der Waals surface area contributed by atoms with Gasteiger partial charge < -0.3 is 0 Å². The van der Waals surface area contributed by atoms with Crippen LogP contribution in [0.4, 0.5) is 0 Å². The van der Waals surface area contributed by atoms with Gasteiger partial charge in [-0.25, -0.2) is 5.32 Å². The van der Waals surface area contributed by atoms with E-state index >= 15 is 0 Å². The van der Waals surface area contributed by atoms with Gasteiger partial charge >= 0.3 is 0 Å². The molecule has 0 unspecified atom stereocenters. The minimum Gasteiger partial charge on any atom is -0.298 e. The highest BCUT2D eigenvalue weighted by atomic mass is 15.2. The lowest BCUT2D eigenvalue weighted by Crippen LogP contribution is -2.38. The summed E-state index contributed by atoms with van der Waals surface area (Å²) in [6.07, 6.45) is 3.74. The molecule has 1 fully saturated rings. The van der Waals surface area contributed by atoms with Gasteiger partial charge in [0.15, 0.2) is 0 Å². The van der Waals surface area contributed by atoms with E-state index in [2.05, 4.69) is 34.5 Å². The summed E-state index contributed by atoms with van der Waals surface area (Å²) in [7, 11) is 0. The molecular formula is C14H19N2. The van der Waals surface area contributed by atoms with Crippen molar-refractivity contribution in [3.63, 3.8) is 0 Å². The van der Waals surface area contributed by atoms with Crippen LogP contribution in [0.15, 0.2) is 24.3 Å². The lowest BCUT2D eigenvalue weighted by molar-refractivity contribution is 0.215. The lowest BCUT2D eigenvalue weighted by Gasteiger charge is -2.26. The fraction of sp³-hybridized carbons (Fsp3) is 0.571. The molecule has 1 aliphatic carbocycles. The van der Waals surface area contributed by atoms with Crippen LogP contribution in [0, 0.1) is 0 Å². The topological polar surface area (TPSA) is 17.3 Å². The Morgan fingerprint density at radius 3 is 2.50 bits per heavy atom. The van der Waals surface area contributed by atoms with Crippen molar-refractivity contribution in [2.75, 3.05) is 26.2 Å². The van der Waals surface area contributed by atoms with Gasteiger partial charge in [-0.15, -0.1) is 0 Å². The maximum absolute atomic E-state index is 4.50. The highest BCUT2D eigenvalue weighted by molar-refractivity contribution is 5.33. The van der Waals surface area contributed by atoms with E-state index in [-0.39, 0.29) is 0 Å². The largest absolute Gasteiger partial charge is 0.298 e. The summed E-state index contributed by atoms with van der Waals surface area (Å²) in [6.45, 7) is 4.50. The van der Waals surface area contributed by atoms with Crippen LogP contribution in [-0.4, -0.2) is 37.1 Å². The standard InChI is InChI=1S/C14H19N2/c1-2-5-13-11-14(10-12(13)4-1)16-8-3-6-15-7-9-16/h1-2,4-5,14H,3,6-11H2. The summed E-state index contributed by atoms with van der Waals surface area (Å²) < 4.78 is 0. The van der Waals surface area contributed by atoms with Gasteiger partial charge in [0, 0.05) is 25.7 Å². The van der Waals surface area contributed by atoms with Crippen LogP contribution in [-0.2, 0) is 12.8 Å². The second-order valence-electron chi connectivity index (χ2n) is 4.89. The Bertz CT molecular complexity index is 329. The van der Waals surface area contributed by atoms with Crippen molar-refractivity contribution in [3.05, 3.63) is 35.4 Å². The molecule has 1 radical (unpaired) electrons. The summed E-state index contributed by atoms with van der Waals surface area (Å²) in [5, 5.41) is 4.50. The first kappa shape index (κ1) is 10.3. The number of rotatable bonds is 1. The maximum atomic E-state index is 4.50. The molecule has 1 aliphatic heterocycles. The zero-order chi connectivity index (χ0) is 10.8. The fourth-order valence-corrected chi connectivity index (χ4v) is 2.97. The molecule has 1 saturated heterocycles. The molecule has 0 atom stereocenters. The molecule has 0 spiro atoms. The van der Waals surface area contributed by atoms with Gasteiger partial charge in [0.25, 0.3) is 0 Å². The Balaban J connectivity index is 1.70. The third-order valence-electron chi connectivity index (χ3n) is 3.85. The van der Waals surface area contributed by atoms with Gasteiger partial charge in [0.05, 0.1) is 0 Å². The zero-order valence-electron chi connectivity index (χ0n) is 9.73. The van der Waals surface area contributed by atoms with Crippen molar-refractivity contribution in [3.8, 4) is 0 Å². The van der Waals surface area contributed by atoms with Crippen molar-refractivity contribution in [1.82, 2.24) is 10.2 Å². The van der Waals surface area contributed by atoms with Crippen LogP contribution in [0.1, 0.15) is 17.5 Å². The Kier molecular flexibility index (Phi) is 2.94. The molecule has 2 heteroatoms. The van der Waals surface area contributed by atoms with Gasteiger partial charge in [-0.1, -0.05) is 24.3 Å². The van der Waals surface area contributed by atoms with Crippen LogP contribution in [0.5, 0.6) is 0 Å². The monoisotopic (exact) mass is 215 g/mol. The average Bonchev–Trinajstić information content (AvgIpc) is 2.56. The number of benzene rings is 1. The van der Waals surface area contributed by atoms with Crippen LogP contribution < -0.4 is 5.32 Å². The van der Waals surface area contributed by atoms with E-state index in [4.69, 9.17) is 0 Å². The fourth-order valence-electron chi connectivity index (χ4n) is 2.97. The SMILES string of the molecule is c1ccc2c(c1)CC(N1CCC[N]CC1)C2. The first-order valence-electron chi connectivity index (χ1n) is 6.37. The zero-order valence-corrected chi connectivity index (χ0v) is 9.73. The third kappa shape index (κ3) is 2.00. The molecule has 85 valence electrons. The molecular weight excluding hydrogens is 196 g/mol.